The lowest BCUT2D eigenvalue weighted by Crippen LogP contribution is -2.42. The van der Waals surface area contributed by atoms with Crippen LogP contribution in [0.3, 0.4) is 0 Å². The van der Waals surface area contributed by atoms with Crippen molar-refractivity contribution in [1.29, 1.82) is 0 Å². The number of morpholine rings is 1. The molecular weight excluding hydrogens is 352 g/mol. The van der Waals surface area contributed by atoms with E-state index >= 15 is 0 Å². The van der Waals surface area contributed by atoms with Crippen LogP contribution in [-0.2, 0) is 11.3 Å². The second-order valence-electron chi connectivity index (χ2n) is 6.91. The highest BCUT2D eigenvalue weighted by Crippen LogP contribution is 2.25. The monoisotopic (exact) mass is 374 g/mol. The lowest BCUT2D eigenvalue weighted by atomic mass is 10.1. The van der Waals surface area contributed by atoms with E-state index in [2.05, 4.69) is 4.90 Å². The summed E-state index contributed by atoms with van der Waals surface area (Å²) in [6.07, 6.45) is 2.35. The average molecular weight is 375 g/mol. The molecule has 2 aliphatic heterocycles. The van der Waals surface area contributed by atoms with Gasteiger partial charge in [0.2, 0.25) is 0 Å². The number of amides is 1. The van der Waals surface area contributed by atoms with Crippen molar-refractivity contribution in [3.63, 3.8) is 0 Å². The molecule has 0 bridgehead atoms. The largest absolute Gasteiger partial charge is 0.455 e. The molecule has 26 heavy (non-hydrogen) atoms. The van der Waals surface area contributed by atoms with E-state index in [0.29, 0.717) is 30.5 Å². The molecule has 1 aromatic carbocycles. The Labute approximate surface area is 158 Å². The van der Waals surface area contributed by atoms with E-state index in [0.717, 1.165) is 31.0 Å². The van der Waals surface area contributed by atoms with Gasteiger partial charge >= 0.3 is 0 Å². The molecule has 0 radical (unpaired) electrons. The van der Waals surface area contributed by atoms with Crippen LogP contribution in [0, 0.1) is 0 Å². The van der Waals surface area contributed by atoms with Gasteiger partial charge in [-0.1, -0.05) is 23.7 Å². The Morgan fingerprint density at radius 2 is 1.85 bits per heavy atom. The number of hydrogen-bond donors (Lipinski definition) is 0. The van der Waals surface area contributed by atoms with Crippen LogP contribution >= 0.6 is 11.6 Å². The van der Waals surface area contributed by atoms with Crippen molar-refractivity contribution < 1.29 is 13.9 Å². The molecule has 1 atom stereocenters. The zero-order valence-electron chi connectivity index (χ0n) is 14.7. The molecule has 4 rings (SSSR count). The topological polar surface area (TPSA) is 45.9 Å². The summed E-state index contributed by atoms with van der Waals surface area (Å²) in [5.74, 6) is 1.20. The van der Waals surface area contributed by atoms with Crippen molar-refractivity contribution in [2.24, 2.45) is 0 Å². The Morgan fingerprint density at radius 3 is 2.62 bits per heavy atom. The molecule has 1 aromatic heterocycles. The van der Waals surface area contributed by atoms with E-state index in [4.69, 9.17) is 20.8 Å². The predicted molar refractivity (Wildman–Crippen MR) is 99.3 cm³/mol. The summed E-state index contributed by atoms with van der Waals surface area (Å²) in [6, 6.07) is 11.3. The first-order valence-corrected chi connectivity index (χ1v) is 9.54. The van der Waals surface area contributed by atoms with Crippen LogP contribution in [0.2, 0.25) is 5.02 Å². The van der Waals surface area contributed by atoms with Crippen molar-refractivity contribution in [3.8, 4) is 0 Å². The minimum absolute atomic E-state index is 0.0695. The van der Waals surface area contributed by atoms with Gasteiger partial charge in [-0.3, -0.25) is 9.69 Å². The standard InChI is InChI=1S/C20H23ClN2O3/c21-16-5-3-15(4-6-16)19-14-23(11-12-25-19)20(24)18-8-7-17(26-18)13-22-9-1-2-10-22/h3-8,19H,1-2,9-14H2. The number of benzene rings is 1. The molecule has 1 amide bonds. The third-order valence-electron chi connectivity index (χ3n) is 5.05. The van der Waals surface area contributed by atoms with Gasteiger partial charge in [0, 0.05) is 11.6 Å². The Morgan fingerprint density at radius 1 is 1.08 bits per heavy atom. The maximum atomic E-state index is 12.8. The van der Waals surface area contributed by atoms with Crippen LogP contribution in [0.4, 0.5) is 0 Å². The number of nitrogens with zero attached hydrogens (tertiary/aromatic N) is 2. The molecule has 3 heterocycles. The summed E-state index contributed by atoms with van der Waals surface area (Å²) in [7, 11) is 0. The quantitative estimate of drug-likeness (QED) is 0.817. The van der Waals surface area contributed by atoms with Crippen LogP contribution in [0.15, 0.2) is 40.8 Å². The summed E-state index contributed by atoms with van der Waals surface area (Å²) in [4.78, 5) is 17.0. The number of furan rings is 1. The van der Waals surface area contributed by atoms with Gasteiger partial charge in [-0.05, 0) is 55.8 Å². The third kappa shape index (κ3) is 3.95. The maximum Gasteiger partial charge on any atom is 0.289 e. The van der Waals surface area contributed by atoms with Crippen LogP contribution < -0.4 is 0 Å². The first-order valence-electron chi connectivity index (χ1n) is 9.16. The van der Waals surface area contributed by atoms with Crippen molar-refractivity contribution in [1.82, 2.24) is 9.80 Å². The minimum atomic E-state index is -0.135. The van der Waals surface area contributed by atoms with Gasteiger partial charge in [-0.25, -0.2) is 0 Å². The molecule has 1 unspecified atom stereocenters. The third-order valence-corrected chi connectivity index (χ3v) is 5.30. The Kier molecular flexibility index (Phi) is 5.29. The van der Waals surface area contributed by atoms with Crippen LogP contribution in [-0.4, -0.2) is 48.5 Å². The average Bonchev–Trinajstić information content (AvgIpc) is 3.34. The van der Waals surface area contributed by atoms with Crippen molar-refractivity contribution >= 4 is 17.5 Å². The zero-order valence-corrected chi connectivity index (χ0v) is 15.5. The lowest BCUT2D eigenvalue weighted by molar-refractivity contribution is -0.0238. The summed E-state index contributed by atoms with van der Waals surface area (Å²) in [6.45, 7) is 4.60. The fraction of sp³-hybridized carbons (Fsp3) is 0.450. The van der Waals surface area contributed by atoms with Crippen LogP contribution in [0.5, 0.6) is 0 Å². The molecule has 0 spiro atoms. The van der Waals surface area contributed by atoms with Crippen molar-refractivity contribution in [2.75, 3.05) is 32.8 Å². The Hall–Kier alpha value is -1.82. The summed E-state index contributed by atoms with van der Waals surface area (Å²) in [5.41, 5.74) is 1.03. The molecule has 0 aliphatic carbocycles. The van der Waals surface area contributed by atoms with E-state index in [1.165, 1.54) is 12.8 Å². The predicted octanol–water partition coefficient (Wildman–Crippen LogP) is 3.74. The van der Waals surface area contributed by atoms with Gasteiger partial charge < -0.3 is 14.1 Å². The molecule has 5 nitrogen and oxygen atoms in total. The molecule has 6 heteroatoms. The van der Waals surface area contributed by atoms with Crippen LogP contribution in [0.25, 0.3) is 0 Å². The number of hydrogen-bond acceptors (Lipinski definition) is 4. The highest BCUT2D eigenvalue weighted by atomic mass is 35.5. The number of halogens is 1. The molecule has 138 valence electrons. The van der Waals surface area contributed by atoms with Gasteiger partial charge in [0.15, 0.2) is 5.76 Å². The first kappa shape index (κ1) is 17.6. The minimum Gasteiger partial charge on any atom is -0.455 e. The number of ether oxygens (including phenoxy) is 1. The van der Waals surface area contributed by atoms with Gasteiger partial charge in [-0.2, -0.15) is 0 Å². The maximum absolute atomic E-state index is 12.8. The molecule has 2 saturated heterocycles. The van der Waals surface area contributed by atoms with E-state index in [1.54, 1.807) is 11.0 Å². The number of rotatable bonds is 4. The Bertz CT molecular complexity index is 753. The Balaban J connectivity index is 1.40. The first-order chi connectivity index (χ1) is 12.7. The summed E-state index contributed by atoms with van der Waals surface area (Å²) in [5, 5.41) is 0.693. The van der Waals surface area contributed by atoms with Crippen molar-refractivity contribution in [3.05, 3.63) is 58.5 Å². The fourth-order valence-electron chi connectivity index (χ4n) is 3.61. The fourth-order valence-corrected chi connectivity index (χ4v) is 3.73. The van der Waals surface area contributed by atoms with E-state index in [9.17, 15) is 4.79 Å². The highest BCUT2D eigenvalue weighted by Gasteiger charge is 2.28. The molecule has 2 aliphatic rings. The molecule has 2 fully saturated rings. The number of likely N-dealkylation sites (tertiary alicyclic amines) is 1. The molecule has 0 saturated carbocycles. The van der Waals surface area contributed by atoms with Gasteiger partial charge in [0.05, 0.1) is 19.7 Å². The number of carbonyl (C=O) groups is 1. The lowest BCUT2D eigenvalue weighted by Gasteiger charge is -2.32. The smallest absolute Gasteiger partial charge is 0.289 e. The summed E-state index contributed by atoms with van der Waals surface area (Å²) >= 11 is 5.95. The van der Waals surface area contributed by atoms with Crippen LogP contribution in [0.1, 0.15) is 40.8 Å². The molecular formula is C20H23ClN2O3. The molecule has 2 aromatic rings. The van der Waals surface area contributed by atoms with Gasteiger partial charge in [0.1, 0.15) is 11.9 Å². The highest BCUT2D eigenvalue weighted by molar-refractivity contribution is 6.30. The SMILES string of the molecule is O=C(c1ccc(CN2CCCC2)o1)N1CCOC(c2ccc(Cl)cc2)C1. The van der Waals surface area contributed by atoms with E-state index in [-0.39, 0.29) is 12.0 Å². The van der Waals surface area contributed by atoms with E-state index < -0.39 is 0 Å². The van der Waals surface area contributed by atoms with E-state index in [1.807, 2.05) is 30.3 Å². The van der Waals surface area contributed by atoms with Gasteiger partial charge in [0.25, 0.3) is 5.91 Å². The zero-order chi connectivity index (χ0) is 17.9. The summed E-state index contributed by atoms with van der Waals surface area (Å²) < 4.78 is 11.7. The second-order valence-corrected chi connectivity index (χ2v) is 7.35. The van der Waals surface area contributed by atoms with Crippen molar-refractivity contribution in [2.45, 2.75) is 25.5 Å². The normalized spacial score (nSPS) is 21.3. The molecule has 0 N–H and O–H groups in total. The number of carbonyl (C=O) groups excluding carboxylic acids is 1. The second kappa shape index (κ2) is 7.82. The van der Waals surface area contributed by atoms with Gasteiger partial charge in [-0.15, -0.1) is 0 Å².